The van der Waals surface area contributed by atoms with Crippen molar-refractivity contribution in [1.82, 2.24) is 24.8 Å². The first-order valence-electron chi connectivity index (χ1n) is 4.49. The summed E-state index contributed by atoms with van der Waals surface area (Å²) in [6.45, 7) is 2.66. The van der Waals surface area contributed by atoms with Gasteiger partial charge in [-0.3, -0.25) is 4.79 Å². The van der Waals surface area contributed by atoms with Crippen molar-refractivity contribution >= 4 is 11.6 Å². The van der Waals surface area contributed by atoms with Gasteiger partial charge in [-0.2, -0.15) is 22.7 Å². The van der Waals surface area contributed by atoms with Crippen LogP contribution in [0.15, 0.2) is 0 Å². The molecule has 0 aliphatic carbocycles. The number of carbonyl (C=O) groups excluding carboxylic acids is 1. The number of aryl methyl sites for hydroxylation is 1. The quantitative estimate of drug-likeness (QED) is 0.702. The van der Waals surface area contributed by atoms with Gasteiger partial charge in [-0.05, 0) is 6.92 Å². The molecule has 2 aromatic heterocycles. The van der Waals surface area contributed by atoms with Gasteiger partial charge < -0.3 is 0 Å². The zero-order valence-electron chi connectivity index (χ0n) is 8.78. The van der Waals surface area contributed by atoms with Crippen molar-refractivity contribution in [2.24, 2.45) is 0 Å². The number of Topliss-reactive ketones (excluding diaryl/α,β-unsaturated/α-hetero) is 1. The van der Waals surface area contributed by atoms with Crippen LogP contribution in [0.1, 0.15) is 28.9 Å². The van der Waals surface area contributed by atoms with E-state index in [0.717, 1.165) is 4.52 Å². The summed E-state index contributed by atoms with van der Waals surface area (Å²) < 4.78 is 37.9. The Balaban J connectivity index is 2.70. The molecule has 90 valence electrons. The molecule has 0 bridgehead atoms. The lowest BCUT2D eigenvalue weighted by atomic mass is 10.2. The molecular formula is C8H6F3N5O. The molecule has 0 unspecified atom stereocenters. The Morgan fingerprint density at radius 2 is 1.94 bits per heavy atom. The molecule has 0 fully saturated rings. The highest BCUT2D eigenvalue weighted by Gasteiger charge is 2.37. The van der Waals surface area contributed by atoms with Crippen LogP contribution in [0.5, 0.6) is 0 Å². The van der Waals surface area contributed by atoms with Crippen molar-refractivity contribution in [2.75, 3.05) is 0 Å². The van der Waals surface area contributed by atoms with Crippen LogP contribution in [-0.2, 0) is 6.18 Å². The number of carbonyl (C=O) groups is 1. The van der Waals surface area contributed by atoms with Gasteiger partial charge in [-0.1, -0.05) is 0 Å². The van der Waals surface area contributed by atoms with Gasteiger partial charge in [0.15, 0.2) is 5.78 Å². The van der Waals surface area contributed by atoms with Gasteiger partial charge in [0.25, 0.3) is 11.6 Å². The van der Waals surface area contributed by atoms with E-state index in [1.54, 1.807) is 0 Å². The highest BCUT2D eigenvalue weighted by Crippen LogP contribution is 2.26. The van der Waals surface area contributed by atoms with E-state index >= 15 is 0 Å². The minimum atomic E-state index is -4.66. The molecule has 0 radical (unpaired) electrons. The number of hydrogen-bond acceptors (Lipinski definition) is 5. The van der Waals surface area contributed by atoms with E-state index in [1.807, 2.05) is 0 Å². The molecule has 0 aliphatic rings. The van der Waals surface area contributed by atoms with Crippen LogP contribution in [0, 0.1) is 6.92 Å². The maximum absolute atomic E-state index is 12.4. The molecule has 2 aromatic rings. The summed E-state index contributed by atoms with van der Waals surface area (Å²) in [4.78, 5) is 14.3. The van der Waals surface area contributed by atoms with Gasteiger partial charge in [0.1, 0.15) is 5.69 Å². The fourth-order valence-electron chi connectivity index (χ4n) is 1.31. The summed E-state index contributed by atoms with van der Waals surface area (Å²) in [5.74, 6) is -2.00. The van der Waals surface area contributed by atoms with E-state index in [4.69, 9.17) is 0 Å². The van der Waals surface area contributed by atoms with Crippen molar-refractivity contribution in [1.29, 1.82) is 0 Å². The Bertz CT molecular complexity index is 603. The van der Waals surface area contributed by atoms with Crippen LogP contribution >= 0.6 is 0 Å². The van der Waals surface area contributed by atoms with Crippen molar-refractivity contribution in [3.8, 4) is 0 Å². The highest BCUT2D eigenvalue weighted by atomic mass is 19.4. The van der Waals surface area contributed by atoms with E-state index in [2.05, 4.69) is 20.3 Å². The number of alkyl halides is 3. The minimum absolute atomic E-state index is 0.0314. The zero-order valence-corrected chi connectivity index (χ0v) is 8.78. The lowest BCUT2D eigenvalue weighted by Gasteiger charge is -2.00. The highest BCUT2D eigenvalue weighted by molar-refractivity contribution is 5.93. The molecular weight excluding hydrogens is 239 g/mol. The van der Waals surface area contributed by atoms with E-state index in [0.29, 0.717) is 0 Å². The molecule has 0 saturated carbocycles. The second-order valence-corrected chi connectivity index (χ2v) is 3.34. The maximum atomic E-state index is 12.4. The predicted octanol–water partition coefficient (Wildman–Crippen LogP) is 1.05. The van der Waals surface area contributed by atoms with Gasteiger partial charge in [0, 0.05) is 6.92 Å². The molecule has 0 atom stereocenters. The second kappa shape index (κ2) is 3.47. The lowest BCUT2D eigenvalue weighted by molar-refractivity contribution is -0.144. The molecule has 9 heteroatoms. The first-order valence-corrected chi connectivity index (χ1v) is 4.49. The fourth-order valence-corrected chi connectivity index (χ4v) is 1.31. The number of hydrogen-bond donors (Lipinski definition) is 0. The molecule has 0 spiro atoms. The SMILES string of the molecule is CC(=O)c1nnc2nc(C(F)(F)F)nn2c1C. The van der Waals surface area contributed by atoms with Crippen LogP contribution in [-0.4, -0.2) is 30.6 Å². The molecule has 0 aromatic carbocycles. The fraction of sp³-hybridized carbons (Fsp3) is 0.375. The van der Waals surface area contributed by atoms with Gasteiger partial charge in [-0.25, -0.2) is 0 Å². The molecule has 6 nitrogen and oxygen atoms in total. The standard InChI is InChI=1S/C8H6F3N5O/c1-3-5(4(2)17)13-14-7-12-6(8(9,10)11)15-16(3)7/h1-2H3. The number of rotatable bonds is 1. The average Bonchev–Trinajstić information content (AvgIpc) is 2.61. The molecule has 17 heavy (non-hydrogen) atoms. The minimum Gasteiger partial charge on any atom is -0.293 e. The summed E-state index contributed by atoms with van der Waals surface area (Å²) in [7, 11) is 0. The van der Waals surface area contributed by atoms with Crippen LogP contribution in [0.4, 0.5) is 13.2 Å². The number of aromatic nitrogens is 5. The summed E-state index contributed by atoms with van der Waals surface area (Å²) in [5, 5.41) is 10.2. The van der Waals surface area contributed by atoms with Crippen molar-refractivity contribution in [3.63, 3.8) is 0 Å². The summed E-state index contributed by atoms with van der Waals surface area (Å²) in [5.41, 5.74) is 0.140. The molecule has 2 rings (SSSR count). The maximum Gasteiger partial charge on any atom is 0.453 e. The predicted molar refractivity (Wildman–Crippen MR) is 48.3 cm³/mol. The van der Waals surface area contributed by atoms with Gasteiger partial charge in [0.2, 0.25) is 0 Å². The molecule has 2 heterocycles. The van der Waals surface area contributed by atoms with Crippen LogP contribution < -0.4 is 0 Å². The largest absolute Gasteiger partial charge is 0.453 e. The number of fused-ring (bicyclic) bond motifs is 1. The van der Waals surface area contributed by atoms with Crippen molar-refractivity contribution < 1.29 is 18.0 Å². The monoisotopic (exact) mass is 245 g/mol. The Kier molecular flexibility index (Phi) is 2.33. The number of nitrogens with zero attached hydrogens (tertiary/aromatic N) is 5. The van der Waals surface area contributed by atoms with Crippen molar-refractivity contribution in [2.45, 2.75) is 20.0 Å². The third kappa shape index (κ3) is 1.83. The smallest absolute Gasteiger partial charge is 0.293 e. The number of halogens is 3. The molecule has 0 aliphatic heterocycles. The summed E-state index contributed by atoms with van der Waals surface area (Å²) in [6, 6.07) is 0. The lowest BCUT2D eigenvalue weighted by Crippen LogP contribution is -2.10. The Labute approximate surface area is 92.5 Å². The van der Waals surface area contributed by atoms with Crippen LogP contribution in [0.2, 0.25) is 0 Å². The molecule has 0 N–H and O–H groups in total. The van der Waals surface area contributed by atoms with Gasteiger partial charge >= 0.3 is 6.18 Å². The molecule has 0 amide bonds. The molecule has 0 saturated heterocycles. The van der Waals surface area contributed by atoms with Crippen molar-refractivity contribution in [3.05, 3.63) is 17.2 Å². The van der Waals surface area contributed by atoms with E-state index in [-0.39, 0.29) is 17.2 Å². The third-order valence-electron chi connectivity index (χ3n) is 2.08. The number of ketones is 1. The Hall–Kier alpha value is -2.06. The normalized spacial score (nSPS) is 12.1. The van der Waals surface area contributed by atoms with E-state index in [9.17, 15) is 18.0 Å². The zero-order chi connectivity index (χ0) is 12.8. The summed E-state index contributed by atoms with van der Waals surface area (Å²) in [6.07, 6.45) is -4.66. The Morgan fingerprint density at radius 3 is 2.47 bits per heavy atom. The van der Waals surface area contributed by atoms with Crippen LogP contribution in [0.3, 0.4) is 0 Å². The van der Waals surface area contributed by atoms with E-state index < -0.39 is 17.8 Å². The second-order valence-electron chi connectivity index (χ2n) is 3.34. The first-order chi connectivity index (χ1) is 7.80. The topological polar surface area (TPSA) is 73.0 Å². The Morgan fingerprint density at radius 1 is 1.29 bits per heavy atom. The summed E-state index contributed by atoms with van der Waals surface area (Å²) >= 11 is 0. The van der Waals surface area contributed by atoms with E-state index in [1.165, 1.54) is 13.8 Å². The van der Waals surface area contributed by atoms with Gasteiger partial charge in [-0.15, -0.1) is 15.3 Å². The average molecular weight is 245 g/mol. The third-order valence-corrected chi connectivity index (χ3v) is 2.08. The van der Waals surface area contributed by atoms with Crippen LogP contribution in [0.25, 0.3) is 5.78 Å². The first kappa shape index (κ1) is 11.4. The van der Waals surface area contributed by atoms with Gasteiger partial charge in [0.05, 0.1) is 5.69 Å².